The van der Waals surface area contributed by atoms with Gasteiger partial charge in [0.1, 0.15) is 18.0 Å². The number of benzene rings is 2. The Balaban J connectivity index is 1.41. The van der Waals surface area contributed by atoms with Crippen molar-refractivity contribution < 1.29 is 9.18 Å². The molecule has 29 heavy (non-hydrogen) atoms. The van der Waals surface area contributed by atoms with Crippen molar-refractivity contribution in [3.05, 3.63) is 59.6 Å². The van der Waals surface area contributed by atoms with Crippen molar-refractivity contribution in [2.45, 2.75) is 13.0 Å². The van der Waals surface area contributed by atoms with Gasteiger partial charge in [-0.15, -0.1) is 0 Å². The van der Waals surface area contributed by atoms with E-state index in [0.717, 1.165) is 42.9 Å². The molecule has 1 atom stereocenters. The van der Waals surface area contributed by atoms with Gasteiger partial charge in [-0.05, 0) is 43.3 Å². The van der Waals surface area contributed by atoms with Crippen molar-refractivity contribution in [2.75, 3.05) is 36.4 Å². The van der Waals surface area contributed by atoms with Gasteiger partial charge in [0.05, 0.1) is 11.6 Å². The molecule has 150 valence electrons. The number of hydrogen-bond acceptors (Lipinski definition) is 5. The molecule has 0 aliphatic carbocycles. The predicted octanol–water partition coefficient (Wildman–Crippen LogP) is 3.57. The summed E-state index contributed by atoms with van der Waals surface area (Å²) in [4.78, 5) is 25.6. The number of carbonyl (C=O) groups is 1. The summed E-state index contributed by atoms with van der Waals surface area (Å²) in [5.74, 6) is 0.358. The van der Waals surface area contributed by atoms with Gasteiger partial charge in [0.25, 0.3) is 0 Å². The first kappa shape index (κ1) is 19.5. The SMILES string of the molecule is CC(C(=O)Nc1cccc(F)c1)N1CCN(c2ncnc3cc(Cl)ccc23)CC1. The molecule has 8 heteroatoms. The number of nitrogens with one attached hydrogen (secondary N) is 1. The normalized spacial score (nSPS) is 16.0. The molecule has 1 N–H and O–H groups in total. The average Bonchev–Trinajstić information content (AvgIpc) is 2.72. The quantitative estimate of drug-likeness (QED) is 0.708. The first-order valence-corrected chi connectivity index (χ1v) is 9.85. The molecule has 1 fully saturated rings. The largest absolute Gasteiger partial charge is 0.353 e. The summed E-state index contributed by atoms with van der Waals surface area (Å²) in [6.07, 6.45) is 1.55. The van der Waals surface area contributed by atoms with Gasteiger partial charge >= 0.3 is 0 Å². The van der Waals surface area contributed by atoms with Crippen molar-refractivity contribution in [1.82, 2.24) is 14.9 Å². The van der Waals surface area contributed by atoms with Crippen LogP contribution in [0.15, 0.2) is 48.8 Å². The average molecular weight is 414 g/mol. The maximum absolute atomic E-state index is 13.3. The van der Waals surface area contributed by atoms with Crippen molar-refractivity contribution in [3.8, 4) is 0 Å². The van der Waals surface area contributed by atoms with Crippen LogP contribution in [0.25, 0.3) is 10.9 Å². The Hall–Kier alpha value is -2.77. The Kier molecular flexibility index (Phi) is 5.60. The molecule has 2 heterocycles. The van der Waals surface area contributed by atoms with Gasteiger partial charge in [0.2, 0.25) is 5.91 Å². The van der Waals surface area contributed by atoms with E-state index in [1.165, 1.54) is 12.1 Å². The van der Waals surface area contributed by atoms with Crippen molar-refractivity contribution >= 4 is 39.9 Å². The number of anilines is 2. The van der Waals surface area contributed by atoms with E-state index in [9.17, 15) is 9.18 Å². The van der Waals surface area contributed by atoms with Crippen LogP contribution in [-0.2, 0) is 4.79 Å². The summed E-state index contributed by atoms with van der Waals surface area (Å²) >= 11 is 6.07. The molecule has 1 aliphatic heterocycles. The highest BCUT2D eigenvalue weighted by molar-refractivity contribution is 6.31. The standard InChI is InChI=1S/C21H21ClFN5O/c1-14(21(29)26-17-4-2-3-16(23)12-17)27-7-9-28(10-8-27)20-18-6-5-15(22)11-19(18)24-13-25-20/h2-6,11-14H,7-10H2,1H3,(H,26,29). The van der Waals surface area contributed by atoms with Crippen LogP contribution < -0.4 is 10.2 Å². The Labute approximate surface area is 173 Å². The fraction of sp³-hybridized carbons (Fsp3) is 0.286. The molecule has 6 nitrogen and oxygen atoms in total. The number of rotatable bonds is 4. The number of piperazine rings is 1. The molecule has 3 aromatic rings. The molecule has 0 radical (unpaired) electrons. The zero-order chi connectivity index (χ0) is 20.4. The van der Waals surface area contributed by atoms with E-state index in [1.54, 1.807) is 18.5 Å². The smallest absolute Gasteiger partial charge is 0.241 e. The lowest BCUT2D eigenvalue weighted by atomic mass is 10.2. The Morgan fingerprint density at radius 2 is 1.93 bits per heavy atom. The van der Waals surface area contributed by atoms with E-state index in [-0.39, 0.29) is 17.8 Å². The van der Waals surface area contributed by atoms with Crippen molar-refractivity contribution in [2.24, 2.45) is 0 Å². The molecule has 1 aliphatic rings. The molecule has 2 aromatic carbocycles. The molecule has 0 saturated carbocycles. The highest BCUT2D eigenvalue weighted by Gasteiger charge is 2.27. The third-order valence-electron chi connectivity index (χ3n) is 5.21. The van der Waals surface area contributed by atoms with Gasteiger partial charge in [0, 0.05) is 42.3 Å². The van der Waals surface area contributed by atoms with Crippen LogP contribution >= 0.6 is 11.6 Å². The summed E-state index contributed by atoms with van der Waals surface area (Å²) in [7, 11) is 0. The molecule has 0 bridgehead atoms. The molecule has 1 unspecified atom stereocenters. The van der Waals surface area contributed by atoms with Crippen LogP contribution in [0.2, 0.25) is 5.02 Å². The van der Waals surface area contributed by atoms with Gasteiger partial charge < -0.3 is 10.2 Å². The minimum absolute atomic E-state index is 0.147. The van der Waals surface area contributed by atoms with E-state index in [1.807, 2.05) is 25.1 Å². The van der Waals surface area contributed by atoms with Gasteiger partial charge in [0.15, 0.2) is 0 Å². The van der Waals surface area contributed by atoms with Gasteiger partial charge in [-0.1, -0.05) is 17.7 Å². The second-order valence-electron chi connectivity index (χ2n) is 7.06. The minimum atomic E-state index is -0.373. The van der Waals surface area contributed by atoms with E-state index in [2.05, 4.69) is 25.1 Å². The number of amides is 1. The first-order valence-electron chi connectivity index (χ1n) is 9.47. The highest BCUT2D eigenvalue weighted by atomic mass is 35.5. The first-order chi connectivity index (χ1) is 14.0. The van der Waals surface area contributed by atoms with E-state index in [0.29, 0.717) is 10.7 Å². The highest BCUT2D eigenvalue weighted by Crippen LogP contribution is 2.26. The van der Waals surface area contributed by atoms with Gasteiger partial charge in [-0.3, -0.25) is 9.69 Å². The lowest BCUT2D eigenvalue weighted by Gasteiger charge is -2.38. The predicted molar refractivity (Wildman–Crippen MR) is 113 cm³/mol. The molecule has 4 rings (SSSR count). The summed E-state index contributed by atoms with van der Waals surface area (Å²) in [6, 6.07) is 11.2. The molecule has 1 aromatic heterocycles. The summed E-state index contributed by atoms with van der Waals surface area (Å²) in [6.45, 7) is 4.79. The minimum Gasteiger partial charge on any atom is -0.353 e. The Morgan fingerprint density at radius 1 is 1.14 bits per heavy atom. The topological polar surface area (TPSA) is 61.4 Å². The molecular formula is C21H21ClFN5O. The zero-order valence-electron chi connectivity index (χ0n) is 16.0. The fourth-order valence-corrected chi connectivity index (χ4v) is 3.73. The summed E-state index contributed by atoms with van der Waals surface area (Å²) in [5, 5.41) is 4.39. The fourth-order valence-electron chi connectivity index (χ4n) is 3.57. The number of nitrogens with zero attached hydrogens (tertiary/aromatic N) is 4. The number of fused-ring (bicyclic) bond motifs is 1. The Morgan fingerprint density at radius 3 is 2.69 bits per heavy atom. The van der Waals surface area contributed by atoms with Crippen LogP contribution in [-0.4, -0.2) is 53.0 Å². The third kappa shape index (κ3) is 4.31. The lowest BCUT2D eigenvalue weighted by molar-refractivity contribution is -0.120. The summed E-state index contributed by atoms with van der Waals surface area (Å²) < 4.78 is 13.3. The van der Waals surface area contributed by atoms with E-state index in [4.69, 9.17) is 11.6 Å². The van der Waals surface area contributed by atoms with Crippen LogP contribution in [0.4, 0.5) is 15.9 Å². The van der Waals surface area contributed by atoms with Gasteiger partial charge in [-0.2, -0.15) is 0 Å². The van der Waals surface area contributed by atoms with Crippen LogP contribution in [0, 0.1) is 5.82 Å². The molecule has 1 amide bonds. The molecule has 0 spiro atoms. The third-order valence-corrected chi connectivity index (χ3v) is 5.45. The second-order valence-corrected chi connectivity index (χ2v) is 7.49. The monoisotopic (exact) mass is 413 g/mol. The number of hydrogen-bond donors (Lipinski definition) is 1. The van der Waals surface area contributed by atoms with Crippen molar-refractivity contribution in [3.63, 3.8) is 0 Å². The van der Waals surface area contributed by atoms with Crippen LogP contribution in [0.1, 0.15) is 6.92 Å². The molecular weight excluding hydrogens is 393 g/mol. The van der Waals surface area contributed by atoms with E-state index >= 15 is 0 Å². The zero-order valence-corrected chi connectivity index (χ0v) is 16.7. The maximum Gasteiger partial charge on any atom is 0.241 e. The number of aromatic nitrogens is 2. The van der Waals surface area contributed by atoms with Gasteiger partial charge in [-0.25, -0.2) is 14.4 Å². The number of halogens is 2. The maximum atomic E-state index is 13.3. The number of carbonyl (C=O) groups excluding carboxylic acids is 1. The molecule has 1 saturated heterocycles. The van der Waals surface area contributed by atoms with Crippen molar-refractivity contribution in [1.29, 1.82) is 0 Å². The van der Waals surface area contributed by atoms with Crippen LogP contribution in [0.3, 0.4) is 0 Å². The lowest BCUT2D eigenvalue weighted by Crippen LogP contribution is -2.53. The summed E-state index contributed by atoms with van der Waals surface area (Å²) in [5.41, 5.74) is 1.28. The Bertz CT molecular complexity index is 1040. The van der Waals surface area contributed by atoms with Crippen LogP contribution in [0.5, 0.6) is 0 Å². The van der Waals surface area contributed by atoms with E-state index < -0.39 is 0 Å². The second kappa shape index (κ2) is 8.31.